The van der Waals surface area contributed by atoms with Gasteiger partial charge in [0.2, 0.25) is 6.10 Å². The lowest BCUT2D eigenvalue weighted by Crippen LogP contribution is -2.42. The molecule has 1 amide bonds. The van der Waals surface area contributed by atoms with E-state index >= 15 is 0 Å². The van der Waals surface area contributed by atoms with Gasteiger partial charge in [-0.15, -0.1) is 0 Å². The van der Waals surface area contributed by atoms with E-state index in [4.69, 9.17) is 4.74 Å². The highest BCUT2D eigenvalue weighted by molar-refractivity contribution is 5.84. The zero-order chi connectivity index (χ0) is 17.4. The predicted molar refractivity (Wildman–Crippen MR) is 90.1 cm³/mol. The van der Waals surface area contributed by atoms with Crippen molar-refractivity contribution < 1.29 is 19.4 Å². The smallest absolute Gasteiger partial charge is 0.303 e. The van der Waals surface area contributed by atoms with Crippen molar-refractivity contribution in [1.82, 2.24) is 5.32 Å². The number of aliphatic hydroxyl groups is 1. The lowest BCUT2D eigenvalue weighted by atomic mass is 10.0. The topological polar surface area (TPSA) is 75.6 Å². The number of carbonyl (C=O) groups is 2. The second kappa shape index (κ2) is 8.84. The molecule has 0 aliphatic rings. The quantitative estimate of drug-likeness (QED) is 0.763. The minimum absolute atomic E-state index is 0.206. The van der Waals surface area contributed by atoms with Gasteiger partial charge in [0.05, 0.1) is 12.6 Å². The first-order valence-corrected chi connectivity index (χ1v) is 7.77. The van der Waals surface area contributed by atoms with Crippen molar-refractivity contribution in [3.63, 3.8) is 0 Å². The molecule has 0 bridgehead atoms. The standard InChI is InChI=1S/C19H21NO4/c1-14(22)24-18(16-10-6-3-7-11-16)19(23)20-17(13-21)12-15-8-4-2-5-9-15/h2-11,17-18,21H,12-13H2,1H3,(H,20,23). The summed E-state index contributed by atoms with van der Waals surface area (Å²) in [5.41, 5.74) is 1.59. The number of aliphatic hydroxyl groups excluding tert-OH is 1. The van der Waals surface area contributed by atoms with Crippen LogP contribution >= 0.6 is 0 Å². The van der Waals surface area contributed by atoms with Crippen LogP contribution in [-0.2, 0) is 20.7 Å². The molecule has 0 saturated heterocycles. The lowest BCUT2D eigenvalue weighted by molar-refractivity contribution is -0.154. The maximum Gasteiger partial charge on any atom is 0.303 e. The maximum atomic E-state index is 12.5. The van der Waals surface area contributed by atoms with E-state index in [1.54, 1.807) is 24.3 Å². The van der Waals surface area contributed by atoms with Crippen LogP contribution in [-0.4, -0.2) is 29.6 Å². The molecule has 2 aromatic carbocycles. The van der Waals surface area contributed by atoms with Crippen molar-refractivity contribution in [2.45, 2.75) is 25.5 Å². The van der Waals surface area contributed by atoms with Gasteiger partial charge in [0, 0.05) is 12.5 Å². The zero-order valence-electron chi connectivity index (χ0n) is 13.5. The Bertz CT molecular complexity index is 658. The van der Waals surface area contributed by atoms with E-state index < -0.39 is 24.0 Å². The lowest BCUT2D eigenvalue weighted by Gasteiger charge is -2.21. The van der Waals surface area contributed by atoms with Gasteiger partial charge in [0.15, 0.2) is 0 Å². The SMILES string of the molecule is CC(=O)OC(C(=O)NC(CO)Cc1ccccc1)c1ccccc1. The Labute approximate surface area is 141 Å². The van der Waals surface area contributed by atoms with Crippen LogP contribution in [0.15, 0.2) is 60.7 Å². The number of ether oxygens (including phenoxy) is 1. The highest BCUT2D eigenvalue weighted by Crippen LogP contribution is 2.18. The van der Waals surface area contributed by atoms with Gasteiger partial charge in [-0.25, -0.2) is 0 Å². The van der Waals surface area contributed by atoms with Gasteiger partial charge >= 0.3 is 5.97 Å². The van der Waals surface area contributed by atoms with Gasteiger partial charge in [0.25, 0.3) is 5.91 Å². The molecular weight excluding hydrogens is 306 g/mol. The van der Waals surface area contributed by atoms with Crippen molar-refractivity contribution in [3.05, 3.63) is 71.8 Å². The van der Waals surface area contributed by atoms with E-state index in [2.05, 4.69) is 5.32 Å². The van der Waals surface area contributed by atoms with E-state index in [1.165, 1.54) is 6.92 Å². The molecule has 2 N–H and O–H groups in total. The summed E-state index contributed by atoms with van der Waals surface area (Å²) in [5, 5.41) is 12.3. The Kier molecular flexibility index (Phi) is 6.51. The molecule has 2 rings (SSSR count). The van der Waals surface area contributed by atoms with Gasteiger partial charge in [0.1, 0.15) is 0 Å². The fourth-order valence-corrected chi connectivity index (χ4v) is 2.40. The normalized spacial score (nSPS) is 12.9. The molecule has 5 heteroatoms. The van der Waals surface area contributed by atoms with Crippen LogP contribution in [0.3, 0.4) is 0 Å². The highest BCUT2D eigenvalue weighted by atomic mass is 16.5. The van der Waals surface area contributed by atoms with Crippen molar-refractivity contribution in [1.29, 1.82) is 0 Å². The summed E-state index contributed by atoms with van der Waals surface area (Å²) >= 11 is 0. The number of rotatable bonds is 7. The van der Waals surface area contributed by atoms with Gasteiger partial charge in [-0.1, -0.05) is 60.7 Å². The minimum atomic E-state index is -1.03. The summed E-state index contributed by atoms with van der Waals surface area (Å²) < 4.78 is 5.16. The Hall–Kier alpha value is -2.66. The number of benzene rings is 2. The number of esters is 1. The average molecular weight is 327 g/mol. The molecule has 126 valence electrons. The third-order valence-corrected chi connectivity index (χ3v) is 3.52. The monoisotopic (exact) mass is 327 g/mol. The maximum absolute atomic E-state index is 12.5. The number of carbonyl (C=O) groups excluding carboxylic acids is 2. The van der Waals surface area contributed by atoms with Gasteiger partial charge < -0.3 is 15.2 Å². The zero-order valence-corrected chi connectivity index (χ0v) is 13.5. The van der Waals surface area contributed by atoms with Gasteiger partial charge in [-0.05, 0) is 12.0 Å². The molecule has 0 aliphatic heterocycles. The molecular formula is C19H21NO4. The number of hydrogen-bond donors (Lipinski definition) is 2. The van der Waals surface area contributed by atoms with Crippen LogP contribution in [0.4, 0.5) is 0 Å². The first kappa shape index (κ1) is 17.7. The van der Waals surface area contributed by atoms with Crippen LogP contribution in [0.1, 0.15) is 24.2 Å². The largest absolute Gasteiger partial charge is 0.447 e. The fraction of sp³-hybridized carbons (Fsp3) is 0.263. The van der Waals surface area contributed by atoms with Crippen LogP contribution in [0.2, 0.25) is 0 Å². The van der Waals surface area contributed by atoms with Crippen LogP contribution < -0.4 is 5.32 Å². The van der Waals surface area contributed by atoms with Crippen molar-refractivity contribution in [2.75, 3.05) is 6.61 Å². The summed E-state index contributed by atoms with van der Waals surface area (Å²) in [6, 6.07) is 17.9. The third-order valence-electron chi connectivity index (χ3n) is 3.52. The van der Waals surface area contributed by atoms with Crippen LogP contribution in [0, 0.1) is 0 Å². The van der Waals surface area contributed by atoms with Gasteiger partial charge in [-0.2, -0.15) is 0 Å². The summed E-state index contributed by atoms with van der Waals surface area (Å²) in [4.78, 5) is 23.9. The van der Waals surface area contributed by atoms with Crippen molar-refractivity contribution >= 4 is 11.9 Å². The second-order valence-electron chi connectivity index (χ2n) is 5.48. The molecule has 0 fully saturated rings. The first-order valence-electron chi connectivity index (χ1n) is 7.77. The number of amides is 1. The van der Waals surface area contributed by atoms with E-state index in [0.717, 1.165) is 5.56 Å². The number of hydrogen-bond acceptors (Lipinski definition) is 4. The molecule has 2 aromatic rings. The van der Waals surface area contributed by atoms with E-state index in [9.17, 15) is 14.7 Å². The predicted octanol–water partition coefficient (Wildman–Crippen LogP) is 2.01. The average Bonchev–Trinajstić information content (AvgIpc) is 2.60. The summed E-state index contributed by atoms with van der Waals surface area (Å²) in [7, 11) is 0. The molecule has 0 aromatic heterocycles. The number of nitrogens with one attached hydrogen (secondary N) is 1. The third kappa shape index (κ3) is 5.21. The van der Waals surface area contributed by atoms with E-state index in [1.807, 2.05) is 36.4 Å². The summed E-state index contributed by atoms with van der Waals surface area (Å²) in [6.07, 6.45) is -0.543. The Morgan fingerprint density at radius 1 is 1.04 bits per heavy atom. The minimum Gasteiger partial charge on any atom is -0.447 e. The molecule has 2 unspecified atom stereocenters. The van der Waals surface area contributed by atoms with Crippen molar-refractivity contribution in [3.8, 4) is 0 Å². The molecule has 5 nitrogen and oxygen atoms in total. The van der Waals surface area contributed by atoms with E-state index in [-0.39, 0.29) is 6.61 Å². The summed E-state index contributed by atoms with van der Waals surface area (Å²) in [5.74, 6) is -0.992. The molecule has 0 radical (unpaired) electrons. The molecule has 2 atom stereocenters. The van der Waals surface area contributed by atoms with Crippen LogP contribution in [0.5, 0.6) is 0 Å². The second-order valence-corrected chi connectivity index (χ2v) is 5.48. The Morgan fingerprint density at radius 3 is 2.17 bits per heavy atom. The van der Waals surface area contributed by atoms with Crippen LogP contribution in [0.25, 0.3) is 0 Å². The summed E-state index contributed by atoms with van der Waals surface area (Å²) in [6.45, 7) is 1.05. The molecule has 0 heterocycles. The Morgan fingerprint density at radius 2 is 1.62 bits per heavy atom. The highest BCUT2D eigenvalue weighted by Gasteiger charge is 2.25. The van der Waals surface area contributed by atoms with E-state index in [0.29, 0.717) is 12.0 Å². The first-order chi connectivity index (χ1) is 11.6. The molecule has 24 heavy (non-hydrogen) atoms. The fourth-order valence-electron chi connectivity index (χ4n) is 2.40. The van der Waals surface area contributed by atoms with Gasteiger partial charge in [-0.3, -0.25) is 9.59 Å². The Balaban J connectivity index is 2.09. The molecule has 0 saturated carbocycles. The molecule has 0 aliphatic carbocycles. The molecule has 0 spiro atoms. The van der Waals surface area contributed by atoms with Crippen molar-refractivity contribution in [2.24, 2.45) is 0 Å².